The van der Waals surface area contributed by atoms with Crippen LogP contribution < -0.4 is 5.73 Å². The standard InChI is InChI=1S/C15H22N4/c1-11(16)15-17-13-6-5-12(9-14(13)18-15)10-19-7-3-2-4-8-19/h5-6,9,11H,2-4,7-8,10,16H2,1H3,(H,17,18). The summed E-state index contributed by atoms with van der Waals surface area (Å²) in [5.74, 6) is 0.866. The van der Waals surface area contributed by atoms with E-state index in [1.54, 1.807) is 0 Å². The largest absolute Gasteiger partial charge is 0.341 e. The number of imidazole rings is 1. The van der Waals surface area contributed by atoms with Gasteiger partial charge in [0.1, 0.15) is 5.82 Å². The second-order valence-electron chi connectivity index (χ2n) is 5.60. The van der Waals surface area contributed by atoms with E-state index in [-0.39, 0.29) is 6.04 Å². The van der Waals surface area contributed by atoms with Crippen molar-refractivity contribution < 1.29 is 0 Å². The first-order chi connectivity index (χ1) is 9.22. The van der Waals surface area contributed by atoms with E-state index in [9.17, 15) is 0 Å². The summed E-state index contributed by atoms with van der Waals surface area (Å²) in [6, 6.07) is 6.45. The number of nitrogens with zero attached hydrogens (tertiary/aromatic N) is 2. The number of hydrogen-bond acceptors (Lipinski definition) is 3. The average Bonchev–Trinajstić information content (AvgIpc) is 2.83. The SMILES string of the molecule is CC(N)c1nc2ccc(CN3CCCCC3)cc2[nH]1. The summed E-state index contributed by atoms with van der Waals surface area (Å²) in [6.45, 7) is 5.45. The van der Waals surface area contributed by atoms with Gasteiger partial charge in [0.25, 0.3) is 0 Å². The Morgan fingerprint density at radius 2 is 2.11 bits per heavy atom. The summed E-state index contributed by atoms with van der Waals surface area (Å²) in [4.78, 5) is 10.4. The molecule has 1 aromatic carbocycles. The maximum atomic E-state index is 5.86. The van der Waals surface area contributed by atoms with Gasteiger partial charge in [-0.3, -0.25) is 4.90 Å². The van der Waals surface area contributed by atoms with Gasteiger partial charge in [0, 0.05) is 6.54 Å². The van der Waals surface area contributed by atoms with E-state index >= 15 is 0 Å². The van der Waals surface area contributed by atoms with E-state index in [2.05, 4.69) is 33.1 Å². The number of aromatic amines is 1. The maximum Gasteiger partial charge on any atom is 0.123 e. The third kappa shape index (κ3) is 2.80. The van der Waals surface area contributed by atoms with Crippen molar-refractivity contribution in [2.75, 3.05) is 13.1 Å². The number of fused-ring (bicyclic) bond motifs is 1. The van der Waals surface area contributed by atoms with Gasteiger partial charge in [-0.25, -0.2) is 4.98 Å². The number of rotatable bonds is 3. The number of aromatic nitrogens is 2. The predicted octanol–water partition coefficient (Wildman–Crippen LogP) is 2.57. The minimum atomic E-state index is -0.0436. The molecule has 1 fully saturated rings. The highest BCUT2D eigenvalue weighted by Crippen LogP contribution is 2.19. The fourth-order valence-corrected chi connectivity index (χ4v) is 2.77. The first kappa shape index (κ1) is 12.6. The van der Waals surface area contributed by atoms with Gasteiger partial charge in [0.15, 0.2) is 0 Å². The fraction of sp³-hybridized carbons (Fsp3) is 0.533. The first-order valence-corrected chi connectivity index (χ1v) is 7.19. The molecule has 2 heterocycles. The Hall–Kier alpha value is -1.39. The quantitative estimate of drug-likeness (QED) is 0.889. The monoisotopic (exact) mass is 258 g/mol. The van der Waals surface area contributed by atoms with Gasteiger partial charge in [-0.1, -0.05) is 12.5 Å². The summed E-state index contributed by atoms with van der Waals surface area (Å²) in [7, 11) is 0. The molecule has 1 atom stereocenters. The van der Waals surface area contributed by atoms with Crippen molar-refractivity contribution in [2.45, 2.75) is 38.8 Å². The number of nitrogens with two attached hydrogens (primary N) is 1. The van der Waals surface area contributed by atoms with Crippen molar-refractivity contribution in [3.8, 4) is 0 Å². The van der Waals surface area contributed by atoms with E-state index < -0.39 is 0 Å². The van der Waals surface area contributed by atoms with Crippen molar-refractivity contribution in [1.82, 2.24) is 14.9 Å². The molecule has 1 aliphatic rings. The zero-order valence-electron chi connectivity index (χ0n) is 11.5. The molecule has 1 aliphatic heterocycles. The van der Waals surface area contributed by atoms with Gasteiger partial charge in [0.2, 0.25) is 0 Å². The van der Waals surface area contributed by atoms with Crippen molar-refractivity contribution in [3.05, 3.63) is 29.6 Å². The van der Waals surface area contributed by atoms with Gasteiger partial charge in [0.05, 0.1) is 17.1 Å². The summed E-state index contributed by atoms with van der Waals surface area (Å²) >= 11 is 0. The van der Waals surface area contributed by atoms with Crippen molar-refractivity contribution in [1.29, 1.82) is 0 Å². The Morgan fingerprint density at radius 3 is 2.84 bits per heavy atom. The third-order valence-electron chi connectivity index (χ3n) is 3.85. The van der Waals surface area contributed by atoms with Gasteiger partial charge < -0.3 is 10.7 Å². The molecule has 4 nitrogen and oxygen atoms in total. The highest BCUT2D eigenvalue weighted by atomic mass is 15.1. The van der Waals surface area contributed by atoms with E-state index in [1.807, 2.05) is 6.92 Å². The molecule has 0 bridgehead atoms. The fourth-order valence-electron chi connectivity index (χ4n) is 2.77. The van der Waals surface area contributed by atoms with Gasteiger partial charge >= 0.3 is 0 Å². The molecule has 0 saturated carbocycles. The Balaban J connectivity index is 1.80. The zero-order chi connectivity index (χ0) is 13.2. The lowest BCUT2D eigenvalue weighted by Crippen LogP contribution is -2.29. The highest BCUT2D eigenvalue weighted by molar-refractivity contribution is 5.75. The lowest BCUT2D eigenvalue weighted by Gasteiger charge is -2.26. The summed E-state index contributed by atoms with van der Waals surface area (Å²) in [5, 5.41) is 0. The number of benzene rings is 1. The Morgan fingerprint density at radius 1 is 1.32 bits per heavy atom. The summed E-state index contributed by atoms with van der Waals surface area (Å²) < 4.78 is 0. The summed E-state index contributed by atoms with van der Waals surface area (Å²) in [5.41, 5.74) is 9.33. The summed E-state index contributed by atoms with van der Waals surface area (Å²) in [6.07, 6.45) is 4.05. The van der Waals surface area contributed by atoms with Crippen LogP contribution in [0.25, 0.3) is 11.0 Å². The third-order valence-corrected chi connectivity index (χ3v) is 3.85. The van der Waals surface area contributed by atoms with Crippen molar-refractivity contribution >= 4 is 11.0 Å². The van der Waals surface area contributed by atoms with Gasteiger partial charge in [-0.15, -0.1) is 0 Å². The highest BCUT2D eigenvalue weighted by Gasteiger charge is 2.12. The van der Waals surface area contributed by atoms with Crippen LogP contribution >= 0.6 is 0 Å². The molecule has 0 amide bonds. The number of likely N-dealkylation sites (tertiary alicyclic amines) is 1. The van der Waals surface area contributed by atoms with Crippen LogP contribution in [0.15, 0.2) is 18.2 Å². The number of nitrogens with one attached hydrogen (secondary N) is 1. The van der Waals surface area contributed by atoms with E-state index in [0.717, 1.165) is 23.4 Å². The molecular weight excluding hydrogens is 236 g/mol. The van der Waals surface area contributed by atoms with Crippen molar-refractivity contribution in [3.63, 3.8) is 0 Å². The maximum absolute atomic E-state index is 5.86. The molecule has 1 unspecified atom stereocenters. The van der Waals surface area contributed by atoms with E-state index in [1.165, 1.54) is 37.9 Å². The normalized spacial score (nSPS) is 18.8. The second kappa shape index (κ2) is 5.31. The van der Waals surface area contributed by atoms with Crippen LogP contribution in [0.2, 0.25) is 0 Å². The molecule has 19 heavy (non-hydrogen) atoms. The lowest BCUT2D eigenvalue weighted by atomic mass is 10.1. The molecule has 0 radical (unpaired) electrons. The molecule has 1 aromatic heterocycles. The van der Waals surface area contributed by atoms with Gasteiger partial charge in [-0.2, -0.15) is 0 Å². The lowest BCUT2D eigenvalue weighted by molar-refractivity contribution is 0.221. The van der Waals surface area contributed by atoms with Crippen molar-refractivity contribution in [2.24, 2.45) is 5.73 Å². The molecule has 4 heteroatoms. The van der Waals surface area contributed by atoms with Crippen LogP contribution in [-0.2, 0) is 6.54 Å². The average molecular weight is 258 g/mol. The second-order valence-corrected chi connectivity index (χ2v) is 5.60. The number of hydrogen-bond donors (Lipinski definition) is 2. The Kier molecular flexibility index (Phi) is 3.53. The zero-order valence-corrected chi connectivity index (χ0v) is 11.5. The molecule has 1 saturated heterocycles. The molecule has 3 N–H and O–H groups in total. The van der Waals surface area contributed by atoms with Gasteiger partial charge in [-0.05, 0) is 50.6 Å². The molecule has 2 aromatic rings. The molecule has 0 aliphatic carbocycles. The van der Waals surface area contributed by atoms with Crippen LogP contribution in [0.1, 0.15) is 43.6 Å². The smallest absolute Gasteiger partial charge is 0.123 e. The number of piperidine rings is 1. The minimum absolute atomic E-state index is 0.0436. The topological polar surface area (TPSA) is 57.9 Å². The first-order valence-electron chi connectivity index (χ1n) is 7.19. The van der Waals surface area contributed by atoms with Crippen LogP contribution in [0.3, 0.4) is 0 Å². The van der Waals surface area contributed by atoms with Crippen LogP contribution in [0, 0.1) is 0 Å². The van der Waals surface area contributed by atoms with Crippen LogP contribution in [-0.4, -0.2) is 28.0 Å². The molecular formula is C15H22N4. The Labute approximate surface area is 114 Å². The molecule has 3 rings (SSSR count). The minimum Gasteiger partial charge on any atom is -0.341 e. The molecule has 102 valence electrons. The van der Waals surface area contributed by atoms with E-state index in [4.69, 9.17) is 5.73 Å². The van der Waals surface area contributed by atoms with E-state index in [0.29, 0.717) is 0 Å². The predicted molar refractivity (Wildman–Crippen MR) is 77.8 cm³/mol. The van der Waals surface area contributed by atoms with Crippen LogP contribution in [0.5, 0.6) is 0 Å². The molecule has 0 spiro atoms. The Bertz CT molecular complexity index is 552. The van der Waals surface area contributed by atoms with Crippen LogP contribution in [0.4, 0.5) is 0 Å². The number of H-pyrrole nitrogens is 1.